The minimum Gasteiger partial charge on any atom is -0.496 e. The van der Waals surface area contributed by atoms with Crippen molar-refractivity contribution >= 4 is 15.9 Å². The van der Waals surface area contributed by atoms with Crippen LogP contribution in [0.4, 0.5) is 0 Å². The van der Waals surface area contributed by atoms with Gasteiger partial charge in [-0.2, -0.15) is 0 Å². The average Bonchev–Trinajstić information content (AvgIpc) is 2.48. The molecule has 2 rings (SSSR count). The summed E-state index contributed by atoms with van der Waals surface area (Å²) in [6.45, 7) is 3.85. The van der Waals surface area contributed by atoms with Crippen molar-refractivity contribution in [2.75, 3.05) is 26.9 Å². The predicted octanol–water partition coefficient (Wildman–Crippen LogP) is 2.95. The summed E-state index contributed by atoms with van der Waals surface area (Å²) in [5.41, 5.74) is 0.570. The maximum absolute atomic E-state index is 10.7. The molecule has 1 aliphatic rings. The van der Waals surface area contributed by atoms with Crippen molar-refractivity contribution < 1.29 is 19.3 Å². The van der Waals surface area contributed by atoms with E-state index in [4.69, 9.17) is 14.2 Å². The second-order valence-electron chi connectivity index (χ2n) is 5.30. The fourth-order valence-electron chi connectivity index (χ4n) is 2.82. The van der Waals surface area contributed by atoms with E-state index >= 15 is 0 Å². The lowest BCUT2D eigenvalue weighted by molar-refractivity contribution is -0.165. The third kappa shape index (κ3) is 3.97. The second-order valence-corrected chi connectivity index (χ2v) is 6.15. The van der Waals surface area contributed by atoms with E-state index in [-0.39, 0.29) is 0 Å². The van der Waals surface area contributed by atoms with E-state index in [1.165, 1.54) is 0 Å². The molecule has 0 amide bonds. The van der Waals surface area contributed by atoms with Crippen molar-refractivity contribution in [2.45, 2.75) is 37.9 Å². The van der Waals surface area contributed by atoms with Crippen molar-refractivity contribution in [3.05, 3.63) is 28.2 Å². The molecule has 21 heavy (non-hydrogen) atoms. The summed E-state index contributed by atoms with van der Waals surface area (Å²) in [6.07, 6.45) is 1.49. The largest absolute Gasteiger partial charge is 0.496 e. The molecule has 1 N–H and O–H groups in total. The van der Waals surface area contributed by atoms with E-state index in [2.05, 4.69) is 15.9 Å². The fourth-order valence-corrected chi connectivity index (χ4v) is 3.41. The molecule has 0 saturated carbocycles. The zero-order valence-electron chi connectivity index (χ0n) is 12.6. The molecule has 1 fully saturated rings. The highest BCUT2D eigenvalue weighted by Crippen LogP contribution is 2.32. The first-order valence-electron chi connectivity index (χ1n) is 7.33. The lowest BCUT2D eigenvalue weighted by Gasteiger charge is -2.40. The summed E-state index contributed by atoms with van der Waals surface area (Å²) in [5, 5.41) is 10.7. The lowest BCUT2D eigenvalue weighted by Crippen LogP contribution is -2.50. The standard InChI is InChI=1S/C16H23BrO4/c1-3-21-16(6-8-20-9-7-16)15(18)11-12-4-5-14(19-2)13(17)10-12/h4-5,10,15,18H,3,6-9,11H2,1-2H3. The molecule has 0 aliphatic carbocycles. The van der Waals surface area contributed by atoms with Crippen LogP contribution in [0.3, 0.4) is 0 Å². The van der Waals surface area contributed by atoms with Crippen LogP contribution in [0.25, 0.3) is 0 Å². The van der Waals surface area contributed by atoms with E-state index in [1.54, 1.807) is 7.11 Å². The average molecular weight is 359 g/mol. The van der Waals surface area contributed by atoms with E-state index in [0.717, 1.165) is 28.6 Å². The first-order valence-corrected chi connectivity index (χ1v) is 8.13. The minimum absolute atomic E-state index is 0.487. The van der Waals surface area contributed by atoms with Gasteiger partial charge in [0, 0.05) is 39.1 Å². The monoisotopic (exact) mass is 358 g/mol. The number of rotatable bonds is 6. The molecule has 1 atom stereocenters. The highest BCUT2D eigenvalue weighted by atomic mass is 79.9. The first kappa shape index (κ1) is 16.7. The molecular weight excluding hydrogens is 336 g/mol. The van der Waals surface area contributed by atoms with Gasteiger partial charge in [0.05, 0.1) is 23.3 Å². The van der Waals surface area contributed by atoms with Gasteiger partial charge in [0.25, 0.3) is 0 Å². The van der Waals surface area contributed by atoms with E-state index in [9.17, 15) is 5.11 Å². The lowest BCUT2D eigenvalue weighted by atomic mass is 9.84. The zero-order valence-corrected chi connectivity index (χ0v) is 14.2. The minimum atomic E-state index is -0.540. The van der Waals surface area contributed by atoms with Crippen molar-refractivity contribution in [1.29, 1.82) is 0 Å². The Morgan fingerprint density at radius 3 is 2.67 bits per heavy atom. The predicted molar refractivity (Wildman–Crippen MR) is 84.8 cm³/mol. The van der Waals surface area contributed by atoms with Crippen LogP contribution >= 0.6 is 15.9 Å². The maximum Gasteiger partial charge on any atom is 0.133 e. The van der Waals surface area contributed by atoms with Crippen LogP contribution in [0.1, 0.15) is 25.3 Å². The number of benzene rings is 1. The Hall–Kier alpha value is -0.620. The SMILES string of the molecule is CCOC1(C(O)Cc2ccc(OC)c(Br)c2)CCOCC1. The van der Waals surface area contributed by atoms with Gasteiger partial charge in [-0.25, -0.2) is 0 Å². The van der Waals surface area contributed by atoms with Gasteiger partial charge in [-0.3, -0.25) is 0 Å². The van der Waals surface area contributed by atoms with Crippen molar-refractivity contribution in [2.24, 2.45) is 0 Å². The molecule has 0 spiro atoms. The van der Waals surface area contributed by atoms with Crippen LogP contribution in [-0.2, 0) is 15.9 Å². The Kier molecular flexibility index (Phi) is 6.05. The summed E-state index contributed by atoms with van der Waals surface area (Å²) < 4.78 is 17.4. The smallest absolute Gasteiger partial charge is 0.133 e. The molecule has 1 unspecified atom stereocenters. The van der Waals surface area contributed by atoms with Gasteiger partial charge in [-0.15, -0.1) is 0 Å². The number of hydrogen-bond acceptors (Lipinski definition) is 4. The van der Waals surface area contributed by atoms with Crippen molar-refractivity contribution in [1.82, 2.24) is 0 Å². The second kappa shape index (κ2) is 7.58. The molecule has 1 aliphatic heterocycles. The van der Waals surface area contributed by atoms with Gasteiger partial charge >= 0.3 is 0 Å². The van der Waals surface area contributed by atoms with Crippen LogP contribution in [0.5, 0.6) is 5.75 Å². The summed E-state index contributed by atoms with van der Waals surface area (Å²) >= 11 is 3.48. The number of aliphatic hydroxyl groups is 1. The molecular formula is C16H23BrO4. The molecule has 1 heterocycles. The Labute approximate surface area is 134 Å². The molecule has 0 aromatic heterocycles. The zero-order chi connectivity index (χ0) is 15.3. The molecule has 4 nitrogen and oxygen atoms in total. The van der Waals surface area contributed by atoms with E-state index in [1.807, 2.05) is 25.1 Å². The molecule has 118 valence electrons. The molecule has 5 heteroatoms. The first-order chi connectivity index (χ1) is 10.1. The molecule has 0 radical (unpaired) electrons. The molecule has 1 aromatic carbocycles. The Bertz CT molecular complexity index is 452. The van der Waals surface area contributed by atoms with Gasteiger partial charge < -0.3 is 19.3 Å². The normalized spacial score (nSPS) is 19.2. The van der Waals surface area contributed by atoms with E-state index < -0.39 is 11.7 Å². The quantitative estimate of drug-likeness (QED) is 0.849. The fraction of sp³-hybridized carbons (Fsp3) is 0.625. The Morgan fingerprint density at radius 1 is 1.38 bits per heavy atom. The van der Waals surface area contributed by atoms with Gasteiger partial charge in [0.15, 0.2) is 0 Å². The number of ether oxygens (including phenoxy) is 3. The van der Waals surface area contributed by atoms with Gasteiger partial charge in [-0.1, -0.05) is 6.07 Å². The van der Waals surface area contributed by atoms with Gasteiger partial charge in [0.2, 0.25) is 0 Å². The van der Waals surface area contributed by atoms with E-state index in [0.29, 0.717) is 26.2 Å². The van der Waals surface area contributed by atoms with Crippen LogP contribution in [-0.4, -0.2) is 43.7 Å². The molecule has 1 aromatic rings. The number of methoxy groups -OCH3 is 1. The van der Waals surface area contributed by atoms with Crippen LogP contribution in [0.15, 0.2) is 22.7 Å². The van der Waals surface area contributed by atoms with Crippen LogP contribution in [0, 0.1) is 0 Å². The van der Waals surface area contributed by atoms with Gasteiger partial charge in [0.1, 0.15) is 5.75 Å². The number of aliphatic hydroxyl groups excluding tert-OH is 1. The Morgan fingerprint density at radius 2 is 2.10 bits per heavy atom. The number of hydrogen-bond donors (Lipinski definition) is 1. The topological polar surface area (TPSA) is 47.9 Å². The van der Waals surface area contributed by atoms with Gasteiger partial charge in [-0.05, 0) is 40.5 Å². The third-order valence-electron chi connectivity index (χ3n) is 4.02. The number of halogens is 1. The third-order valence-corrected chi connectivity index (χ3v) is 4.64. The highest BCUT2D eigenvalue weighted by Gasteiger charge is 2.40. The summed E-state index contributed by atoms with van der Waals surface area (Å²) in [4.78, 5) is 0. The van der Waals surface area contributed by atoms with Crippen LogP contribution in [0.2, 0.25) is 0 Å². The maximum atomic E-state index is 10.7. The molecule has 1 saturated heterocycles. The van der Waals surface area contributed by atoms with Crippen molar-refractivity contribution in [3.63, 3.8) is 0 Å². The highest BCUT2D eigenvalue weighted by molar-refractivity contribution is 9.10. The summed E-state index contributed by atoms with van der Waals surface area (Å²) in [5.74, 6) is 0.791. The van der Waals surface area contributed by atoms with Crippen LogP contribution < -0.4 is 4.74 Å². The van der Waals surface area contributed by atoms with Crippen molar-refractivity contribution in [3.8, 4) is 5.75 Å². The summed E-state index contributed by atoms with van der Waals surface area (Å²) in [7, 11) is 1.64. The summed E-state index contributed by atoms with van der Waals surface area (Å²) in [6, 6.07) is 5.87. The Balaban J connectivity index is 2.11. The molecule has 0 bridgehead atoms.